The van der Waals surface area contributed by atoms with Crippen molar-refractivity contribution in [3.63, 3.8) is 0 Å². The number of phenols is 1. The van der Waals surface area contributed by atoms with Crippen LogP contribution in [0, 0.1) is 0 Å². The van der Waals surface area contributed by atoms with Gasteiger partial charge in [0, 0.05) is 34.4 Å². The van der Waals surface area contributed by atoms with Crippen molar-refractivity contribution < 1.29 is 14.6 Å². The number of phenolic OH excluding ortho intramolecular Hbond substituents is 1. The number of nitrogens with one attached hydrogen (secondary N) is 2. The number of aromatic amines is 1. The fourth-order valence-corrected chi connectivity index (χ4v) is 6.03. The number of methoxy groups -OCH3 is 1. The summed E-state index contributed by atoms with van der Waals surface area (Å²) in [6, 6.07) is 18.4. The van der Waals surface area contributed by atoms with Crippen LogP contribution in [0.3, 0.4) is 0 Å². The topological polar surface area (TPSA) is 96.4 Å². The van der Waals surface area contributed by atoms with Gasteiger partial charge in [-0.2, -0.15) is 0 Å². The summed E-state index contributed by atoms with van der Waals surface area (Å²) in [5.41, 5.74) is 2.99. The number of ether oxygens (including phenoxy) is 1. The molecular weight excluding hydrogens is 462 g/mol. The largest absolute Gasteiger partial charge is 0.504 e. The molecule has 176 valence electrons. The average Bonchev–Trinajstić information content (AvgIpc) is 3.52. The van der Waals surface area contributed by atoms with Crippen molar-refractivity contribution in [2.24, 2.45) is 0 Å². The number of rotatable bonds is 4. The normalized spacial score (nSPS) is 19.2. The second-order valence-corrected chi connectivity index (χ2v) is 9.78. The molecule has 0 spiro atoms. The predicted molar refractivity (Wildman–Crippen MR) is 135 cm³/mol. The maximum absolute atomic E-state index is 13.7. The van der Waals surface area contributed by atoms with Gasteiger partial charge in [0.2, 0.25) is 0 Å². The molecule has 0 fully saturated rings. The van der Waals surface area contributed by atoms with Crippen LogP contribution in [0.5, 0.6) is 11.5 Å². The number of benzene rings is 2. The first-order chi connectivity index (χ1) is 17.0. The third-order valence-corrected chi connectivity index (χ3v) is 7.82. The monoisotopic (exact) mass is 485 g/mol. The minimum absolute atomic E-state index is 0.00923. The van der Waals surface area contributed by atoms with Crippen LogP contribution < -0.4 is 15.6 Å². The highest BCUT2D eigenvalue weighted by Crippen LogP contribution is 2.48. The van der Waals surface area contributed by atoms with Crippen LogP contribution >= 0.6 is 11.3 Å². The number of aromatic hydroxyl groups is 1. The van der Waals surface area contributed by atoms with Crippen LogP contribution in [0.2, 0.25) is 0 Å². The Labute approximate surface area is 205 Å². The van der Waals surface area contributed by atoms with E-state index in [1.807, 2.05) is 41.8 Å². The van der Waals surface area contributed by atoms with Gasteiger partial charge in [-0.25, -0.2) is 4.68 Å². The lowest BCUT2D eigenvalue weighted by Crippen LogP contribution is -2.31. The van der Waals surface area contributed by atoms with Gasteiger partial charge >= 0.3 is 0 Å². The van der Waals surface area contributed by atoms with Crippen molar-refractivity contribution in [3.8, 4) is 17.2 Å². The number of para-hydroxylation sites is 1. The SMILES string of the molecule is COc1ccc([C@H]2C3=C(C[C@H](c4cccs4)CC3=O)Nc3[nH]n(-c4ccccc4)c(=O)c32)cc1O. The Morgan fingerprint density at radius 2 is 1.89 bits per heavy atom. The molecule has 0 saturated heterocycles. The molecule has 3 N–H and O–H groups in total. The van der Waals surface area contributed by atoms with E-state index in [2.05, 4.69) is 16.5 Å². The number of aromatic nitrogens is 2. The van der Waals surface area contributed by atoms with Gasteiger partial charge in [0.25, 0.3) is 5.56 Å². The van der Waals surface area contributed by atoms with Crippen molar-refractivity contribution in [2.45, 2.75) is 24.7 Å². The van der Waals surface area contributed by atoms with Crippen LogP contribution in [-0.4, -0.2) is 27.8 Å². The number of anilines is 1. The molecule has 2 atom stereocenters. The molecule has 1 aliphatic heterocycles. The van der Waals surface area contributed by atoms with Crippen LogP contribution in [0.1, 0.15) is 40.7 Å². The van der Waals surface area contributed by atoms with Crippen molar-refractivity contribution in [2.75, 3.05) is 12.4 Å². The summed E-state index contributed by atoms with van der Waals surface area (Å²) in [5.74, 6) is 0.352. The molecule has 4 aromatic rings. The molecule has 35 heavy (non-hydrogen) atoms. The lowest BCUT2D eigenvalue weighted by molar-refractivity contribution is -0.116. The Morgan fingerprint density at radius 1 is 1.06 bits per heavy atom. The Hall–Kier alpha value is -4.04. The number of ketones is 1. The van der Waals surface area contributed by atoms with Crippen LogP contribution in [0.25, 0.3) is 5.69 Å². The maximum Gasteiger partial charge on any atom is 0.277 e. The summed E-state index contributed by atoms with van der Waals surface area (Å²) in [6.07, 6.45) is 1.05. The van der Waals surface area contributed by atoms with Crippen LogP contribution in [-0.2, 0) is 4.79 Å². The molecule has 0 radical (unpaired) electrons. The Kier molecular flexibility index (Phi) is 5.11. The van der Waals surface area contributed by atoms with Crippen molar-refractivity contribution in [1.82, 2.24) is 9.78 Å². The first-order valence-corrected chi connectivity index (χ1v) is 12.3. The summed E-state index contributed by atoms with van der Waals surface area (Å²) in [6.45, 7) is 0. The van der Waals surface area contributed by atoms with E-state index in [9.17, 15) is 14.7 Å². The molecule has 1 aliphatic carbocycles. The van der Waals surface area contributed by atoms with Gasteiger partial charge in [-0.05, 0) is 47.7 Å². The fraction of sp³-hybridized carbons (Fsp3) is 0.185. The van der Waals surface area contributed by atoms with E-state index < -0.39 is 5.92 Å². The van der Waals surface area contributed by atoms with E-state index in [-0.39, 0.29) is 23.0 Å². The zero-order chi connectivity index (χ0) is 24.1. The molecule has 0 bridgehead atoms. The van der Waals surface area contributed by atoms with E-state index in [1.165, 1.54) is 16.7 Å². The van der Waals surface area contributed by atoms with Crippen molar-refractivity contribution >= 4 is 22.9 Å². The number of H-pyrrole nitrogens is 1. The Morgan fingerprint density at radius 3 is 2.60 bits per heavy atom. The van der Waals surface area contributed by atoms with Gasteiger partial charge in [0.15, 0.2) is 17.3 Å². The Balaban J connectivity index is 1.54. The van der Waals surface area contributed by atoms with E-state index in [1.54, 1.807) is 29.5 Å². The third-order valence-electron chi connectivity index (χ3n) is 6.78. The number of carbonyl (C=O) groups excluding carboxylic acids is 1. The summed E-state index contributed by atoms with van der Waals surface area (Å²) in [5, 5.41) is 19.1. The fourth-order valence-electron chi connectivity index (χ4n) is 5.20. The molecule has 2 aliphatic rings. The molecule has 8 heteroatoms. The second-order valence-electron chi connectivity index (χ2n) is 8.80. The average molecular weight is 486 g/mol. The molecule has 2 aromatic carbocycles. The highest BCUT2D eigenvalue weighted by atomic mass is 32.1. The number of carbonyl (C=O) groups is 1. The lowest BCUT2D eigenvalue weighted by Gasteiger charge is -2.34. The van der Waals surface area contributed by atoms with Gasteiger partial charge in [-0.15, -0.1) is 11.3 Å². The summed E-state index contributed by atoms with van der Waals surface area (Å²) in [7, 11) is 1.48. The van der Waals surface area contributed by atoms with Crippen LogP contribution in [0.4, 0.5) is 5.82 Å². The molecule has 0 amide bonds. The first kappa shape index (κ1) is 21.5. The number of thiophene rings is 1. The highest BCUT2D eigenvalue weighted by Gasteiger charge is 2.41. The smallest absolute Gasteiger partial charge is 0.277 e. The number of nitrogens with zero attached hydrogens (tertiary/aromatic N) is 1. The number of allylic oxidation sites excluding steroid dienone is 2. The maximum atomic E-state index is 13.7. The standard InChI is InChI=1S/C27H23N3O4S/c1-34-21-10-9-15(13-19(21)31)23-24-18(12-16(14-20(24)32)22-8-5-11-35-22)28-26-25(23)27(33)30(29-26)17-6-3-2-4-7-17/h2-11,13,16,23,28-29,31H,12,14H2,1H3/t16-,23-/m0/s1. The van der Waals surface area contributed by atoms with Crippen molar-refractivity contribution in [1.29, 1.82) is 0 Å². The number of Topliss-reactive ketones (excluding diaryl/α,β-unsaturated/α-hetero) is 1. The van der Waals surface area contributed by atoms with E-state index in [0.717, 1.165) is 5.70 Å². The molecule has 0 saturated carbocycles. The zero-order valence-electron chi connectivity index (χ0n) is 18.9. The summed E-state index contributed by atoms with van der Waals surface area (Å²) < 4.78 is 6.71. The highest BCUT2D eigenvalue weighted by molar-refractivity contribution is 7.10. The number of fused-ring (bicyclic) bond motifs is 1. The summed E-state index contributed by atoms with van der Waals surface area (Å²) in [4.78, 5) is 28.5. The molecular formula is C27H23N3O4S. The third kappa shape index (κ3) is 3.49. The van der Waals surface area contributed by atoms with Gasteiger partial charge in [0.05, 0.1) is 18.4 Å². The van der Waals surface area contributed by atoms with E-state index >= 15 is 0 Å². The molecule has 0 unspecified atom stereocenters. The molecule has 6 rings (SSSR count). The number of hydrogen-bond donors (Lipinski definition) is 3. The minimum atomic E-state index is -0.608. The summed E-state index contributed by atoms with van der Waals surface area (Å²) >= 11 is 1.65. The van der Waals surface area contributed by atoms with E-state index in [4.69, 9.17) is 4.74 Å². The number of hydrogen-bond acceptors (Lipinski definition) is 6. The predicted octanol–water partition coefficient (Wildman–Crippen LogP) is 4.90. The van der Waals surface area contributed by atoms with Crippen LogP contribution in [0.15, 0.2) is 82.1 Å². The Bertz CT molecular complexity index is 1520. The van der Waals surface area contributed by atoms with Crippen molar-refractivity contribution in [3.05, 3.63) is 104 Å². The molecule has 7 nitrogen and oxygen atoms in total. The van der Waals surface area contributed by atoms with Gasteiger partial charge in [-0.3, -0.25) is 14.7 Å². The van der Waals surface area contributed by atoms with Gasteiger partial charge in [-0.1, -0.05) is 30.3 Å². The molecule has 3 heterocycles. The van der Waals surface area contributed by atoms with Gasteiger partial charge in [0.1, 0.15) is 5.82 Å². The van der Waals surface area contributed by atoms with Gasteiger partial charge < -0.3 is 15.2 Å². The minimum Gasteiger partial charge on any atom is -0.504 e. The molecule has 2 aromatic heterocycles. The van der Waals surface area contributed by atoms with E-state index in [0.29, 0.717) is 46.8 Å². The lowest BCUT2D eigenvalue weighted by atomic mass is 9.74. The quantitative estimate of drug-likeness (QED) is 0.382. The second kappa shape index (κ2) is 8.32. The first-order valence-electron chi connectivity index (χ1n) is 11.4. The zero-order valence-corrected chi connectivity index (χ0v) is 19.8.